The summed E-state index contributed by atoms with van der Waals surface area (Å²) in [5.74, 6) is -0.00947. The van der Waals surface area contributed by atoms with Crippen LogP contribution in [0.4, 0.5) is 0 Å². The zero-order chi connectivity index (χ0) is 13.3. The molecule has 0 aliphatic carbocycles. The molecule has 2 N–H and O–H groups in total. The molecule has 1 aromatic heterocycles. The number of amides is 1. The first-order valence-corrected chi connectivity index (χ1v) is 6.42. The molecule has 1 heterocycles. The largest absolute Gasteiger partial charge is 0.451 e. The number of hydrogen-bond acceptors (Lipinski definition) is 3. The Kier molecular flexibility index (Phi) is 3.73. The van der Waals surface area contributed by atoms with Gasteiger partial charge in [0.25, 0.3) is 5.91 Å². The van der Waals surface area contributed by atoms with Crippen molar-refractivity contribution in [2.45, 2.75) is 19.9 Å². The summed E-state index contributed by atoms with van der Waals surface area (Å²) in [6.45, 7) is 3.47. The number of hydrogen-bond donors (Lipinski definition) is 2. The van der Waals surface area contributed by atoms with E-state index < -0.39 is 0 Å². The van der Waals surface area contributed by atoms with Crippen LogP contribution in [-0.4, -0.2) is 23.7 Å². The molecule has 2 aromatic rings. The third-order valence-electron chi connectivity index (χ3n) is 2.76. The minimum atomic E-state index is -0.304. The molecule has 0 saturated heterocycles. The van der Waals surface area contributed by atoms with E-state index in [4.69, 9.17) is 9.52 Å². The number of aryl methyl sites for hydroxylation is 1. The molecule has 1 atom stereocenters. The molecule has 0 bridgehead atoms. The van der Waals surface area contributed by atoms with E-state index in [0.717, 1.165) is 15.4 Å². The van der Waals surface area contributed by atoms with Gasteiger partial charge in [-0.05, 0) is 32.0 Å². The number of carbonyl (C=O) groups is 1. The van der Waals surface area contributed by atoms with E-state index in [1.165, 1.54) is 0 Å². The molecule has 0 unspecified atom stereocenters. The van der Waals surface area contributed by atoms with Gasteiger partial charge in [-0.25, -0.2) is 0 Å². The van der Waals surface area contributed by atoms with Crippen molar-refractivity contribution < 1.29 is 14.3 Å². The van der Waals surface area contributed by atoms with Gasteiger partial charge in [-0.3, -0.25) is 4.79 Å². The van der Waals surface area contributed by atoms with Crippen molar-refractivity contribution in [3.63, 3.8) is 0 Å². The molecule has 18 heavy (non-hydrogen) atoms. The summed E-state index contributed by atoms with van der Waals surface area (Å²) in [4.78, 5) is 12.0. The maximum atomic E-state index is 12.0. The van der Waals surface area contributed by atoms with Gasteiger partial charge in [-0.1, -0.05) is 15.9 Å². The highest BCUT2D eigenvalue weighted by molar-refractivity contribution is 9.10. The lowest BCUT2D eigenvalue weighted by Gasteiger charge is -2.09. The van der Waals surface area contributed by atoms with E-state index in [1.807, 2.05) is 25.1 Å². The number of fused-ring (bicyclic) bond motifs is 1. The number of carbonyl (C=O) groups excluding carboxylic acids is 1. The quantitative estimate of drug-likeness (QED) is 0.916. The van der Waals surface area contributed by atoms with Gasteiger partial charge in [0.15, 0.2) is 5.76 Å². The molecule has 0 saturated carbocycles. The first-order valence-electron chi connectivity index (χ1n) is 5.63. The standard InChI is InChI=1S/C13H14BrNO3/c1-7(6-16)15-13(17)12-8(2)10-5-9(14)3-4-11(10)18-12/h3-5,7,16H,6H2,1-2H3,(H,15,17)/t7-/m0/s1. The van der Waals surface area contributed by atoms with Crippen molar-refractivity contribution in [2.24, 2.45) is 0 Å². The van der Waals surface area contributed by atoms with Gasteiger partial charge in [0.05, 0.1) is 6.61 Å². The van der Waals surface area contributed by atoms with Crippen molar-refractivity contribution in [3.05, 3.63) is 34.0 Å². The molecule has 0 aliphatic rings. The summed E-state index contributed by atoms with van der Waals surface area (Å²) < 4.78 is 6.49. The first kappa shape index (κ1) is 13.1. The number of rotatable bonds is 3. The minimum absolute atomic E-state index is 0.101. The Balaban J connectivity index is 2.40. The minimum Gasteiger partial charge on any atom is -0.451 e. The number of halogens is 1. The molecule has 5 heteroatoms. The van der Waals surface area contributed by atoms with Crippen molar-refractivity contribution in [2.75, 3.05) is 6.61 Å². The van der Waals surface area contributed by atoms with Gasteiger partial charge in [-0.2, -0.15) is 0 Å². The number of benzene rings is 1. The highest BCUT2D eigenvalue weighted by Gasteiger charge is 2.18. The Morgan fingerprint density at radius 2 is 2.28 bits per heavy atom. The fourth-order valence-corrected chi connectivity index (χ4v) is 2.11. The van der Waals surface area contributed by atoms with Gasteiger partial charge in [-0.15, -0.1) is 0 Å². The van der Waals surface area contributed by atoms with Crippen molar-refractivity contribution in [3.8, 4) is 0 Å². The summed E-state index contributed by atoms with van der Waals surface area (Å²) in [6.07, 6.45) is 0. The summed E-state index contributed by atoms with van der Waals surface area (Å²) in [6, 6.07) is 5.31. The Hall–Kier alpha value is -1.33. The van der Waals surface area contributed by atoms with E-state index in [1.54, 1.807) is 6.92 Å². The molecule has 0 spiro atoms. The average molecular weight is 312 g/mol. The van der Waals surface area contributed by atoms with Crippen LogP contribution in [0.15, 0.2) is 27.1 Å². The van der Waals surface area contributed by atoms with E-state index in [2.05, 4.69) is 21.2 Å². The first-order chi connectivity index (χ1) is 8.52. The molecule has 1 aromatic carbocycles. The molecule has 0 aliphatic heterocycles. The van der Waals surface area contributed by atoms with Gasteiger partial charge < -0.3 is 14.8 Å². The molecule has 2 rings (SSSR count). The molecule has 1 amide bonds. The van der Waals surface area contributed by atoms with Crippen LogP contribution >= 0.6 is 15.9 Å². The van der Waals surface area contributed by atoms with E-state index in [-0.39, 0.29) is 18.6 Å². The van der Waals surface area contributed by atoms with Crippen LogP contribution in [0.1, 0.15) is 23.0 Å². The van der Waals surface area contributed by atoms with Gasteiger partial charge in [0.2, 0.25) is 0 Å². The fourth-order valence-electron chi connectivity index (χ4n) is 1.74. The predicted molar refractivity (Wildman–Crippen MR) is 72.7 cm³/mol. The second-order valence-electron chi connectivity index (χ2n) is 4.25. The third kappa shape index (κ3) is 2.42. The lowest BCUT2D eigenvalue weighted by atomic mass is 10.1. The Morgan fingerprint density at radius 1 is 1.56 bits per heavy atom. The monoisotopic (exact) mass is 311 g/mol. The van der Waals surface area contributed by atoms with Crippen molar-refractivity contribution in [1.82, 2.24) is 5.32 Å². The molecule has 4 nitrogen and oxygen atoms in total. The van der Waals surface area contributed by atoms with E-state index in [0.29, 0.717) is 11.3 Å². The molecule has 0 radical (unpaired) electrons. The molecular weight excluding hydrogens is 298 g/mol. The van der Waals surface area contributed by atoms with E-state index >= 15 is 0 Å². The number of aliphatic hydroxyl groups is 1. The summed E-state index contributed by atoms with van der Waals surface area (Å²) >= 11 is 3.39. The van der Waals surface area contributed by atoms with Crippen LogP contribution in [0.3, 0.4) is 0 Å². The van der Waals surface area contributed by atoms with Crippen LogP contribution < -0.4 is 5.32 Å². The zero-order valence-corrected chi connectivity index (χ0v) is 11.7. The highest BCUT2D eigenvalue weighted by Crippen LogP contribution is 2.27. The molecular formula is C13H14BrNO3. The maximum absolute atomic E-state index is 12.0. The number of aliphatic hydroxyl groups excluding tert-OH is 1. The predicted octanol–water partition coefficient (Wildman–Crippen LogP) is 2.61. The molecule has 96 valence electrons. The van der Waals surface area contributed by atoms with E-state index in [9.17, 15) is 4.79 Å². The topological polar surface area (TPSA) is 62.5 Å². The van der Waals surface area contributed by atoms with Crippen LogP contribution in [0.25, 0.3) is 11.0 Å². The smallest absolute Gasteiger partial charge is 0.287 e. The lowest BCUT2D eigenvalue weighted by Crippen LogP contribution is -2.35. The van der Waals surface area contributed by atoms with Crippen molar-refractivity contribution in [1.29, 1.82) is 0 Å². The molecule has 0 fully saturated rings. The van der Waals surface area contributed by atoms with Crippen LogP contribution in [-0.2, 0) is 0 Å². The summed E-state index contributed by atoms with van der Waals surface area (Å²) in [5, 5.41) is 12.5. The van der Waals surface area contributed by atoms with Gasteiger partial charge in [0.1, 0.15) is 5.58 Å². The zero-order valence-electron chi connectivity index (χ0n) is 10.2. The fraction of sp³-hybridized carbons (Fsp3) is 0.308. The Labute approximate surface area is 113 Å². The number of furan rings is 1. The average Bonchev–Trinajstić information content (AvgIpc) is 2.66. The Bertz CT molecular complexity index is 591. The maximum Gasteiger partial charge on any atom is 0.287 e. The summed E-state index contributed by atoms with van der Waals surface area (Å²) in [7, 11) is 0. The van der Waals surface area contributed by atoms with Crippen LogP contribution in [0, 0.1) is 6.92 Å². The lowest BCUT2D eigenvalue weighted by molar-refractivity contribution is 0.0895. The summed E-state index contributed by atoms with van der Waals surface area (Å²) in [5.41, 5.74) is 1.48. The SMILES string of the molecule is Cc1c(C(=O)N[C@@H](C)CO)oc2ccc(Br)cc12. The highest BCUT2D eigenvalue weighted by atomic mass is 79.9. The third-order valence-corrected chi connectivity index (χ3v) is 3.25. The second-order valence-corrected chi connectivity index (χ2v) is 5.17. The van der Waals surface area contributed by atoms with Crippen LogP contribution in [0.2, 0.25) is 0 Å². The van der Waals surface area contributed by atoms with Crippen LogP contribution in [0.5, 0.6) is 0 Å². The second kappa shape index (κ2) is 5.12. The van der Waals surface area contributed by atoms with Gasteiger partial charge in [0, 0.05) is 21.5 Å². The van der Waals surface area contributed by atoms with Gasteiger partial charge >= 0.3 is 0 Å². The van der Waals surface area contributed by atoms with Crippen molar-refractivity contribution >= 4 is 32.8 Å². The Morgan fingerprint density at radius 3 is 2.94 bits per heavy atom. The normalized spacial score (nSPS) is 12.7. The number of nitrogens with one attached hydrogen (secondary N) is 1.